The molecule has 0 aromatic heterocycles. The maximum atomic E-state index is 11.6. The molecule has 1 rings (SSSR count). The number of amides is 3. The van der Waals surface area contributed by atoms with Crippen LogP contribution in [0.3, 0.4) is 0 Å². The summed E-state index contributed by atoms with van der Waals surface area (Å²) in [6.07, 6.45) is 0.667. The lowest BCUT2D eigenvalue weighted by Gasteiger charge is -2.16. The highest BCUT2D eigenvalue weighted by atomic mass is 28.3. The van der Waals surface area contributed by atoms with Crippen molar-refractivity contribution in [3.63, 3.8) is 0 Å². The van der Waals surface area contributed by atoms with Gasteiger partial charge in [0.1, 0.15) is 0 Å². The number of carbonyl (C=O) groups is 2. The van der Waals surface area contributed by atoms with E-state index < -0.39 is 8.07 Å². The Labute approximate surface area is 108 Å². The number of hydrazine groups is 1. The normalized spacial score (nSPS) is 10.6. The van der Waals surface area contributed by atoms with Crippen LogP contribution in [0.1, 0.15) is 10.4 Å². The van der Waals surface area contributed by atoms with Gasteiger partial charge in [0.05, 0.1) is 8.07 Å². The zero-order valence-electron chi connectivity index (χ0n) is 10.9. The first kappa shape index (κ1) is 14.2. The Morgan fingerprint density at radius 1 is 1.06 bits per heavy atom. The number of rotatable bonds is 3. The summed E-state index contributed by atoms with van der Waals surface area (Å²) < 4.78 is 0. The minimum atomic E-state index is -1.32. The molecule has 6 heteroatoms. The van der Waals surface area contributed by atoms with E-state index in [9.17, 15) is 9.59 Å². The molecular formula is C12H19N3O2Si. The Morgan fingerprint density at radius 2 is 1.67 bits per heavy atom. The SMILES string of the molecule is C[Si](C)(C)CNC(=O)NNC(=O)c1ccccc1. The van der Waals surface area contributed by atoms with Crippen molar-refractivity contribution < 1.29 is 9.59 Å². The second kappa shape index (κ2) is 6.20. The molecule has 0 saturated heterocycles. The lowest BCUT2D eigenvalue weighted by molar-refractivity contribution is 0.0936. The molecule has 0 aliphatic rings. The molecule has 0 atom stereocenters. The van der Waals surface area contributed by atoms with Crippen LogP contribution in [-0.4, -0.2) is 26.2 Å². The quantitative estimate of drug-likeness (QED) is 0.572. The third kappa shape index (κ3) is 5.49. The lowest BCUT2D eigenvalue weighted by Crippen LogP contribution is -2.50. The van der Waals surface area contributed by atoms with Crippen molar-refractivity contribution >= 4 is 20.0 Å². The zero-order valence-corrected chi connectivity index (χ0v) is 11.9. The molecule has 98 valence electrons. The van der Waals surface area contributed by atoms with Crippen molar-refractivity contribution in [2.75, 3.05) is 6.17 Å². The maximum absolute atomic E-state index is 11.6. The maximum Gasteiger partial charge on any atom is 0.333 e. The number of nitrogens with one attached hydrogen (secondary N) is 3. The third-order valence-corrected chi connectivity index (χ3v) is 3.34. The monoisotopic (exact) mass is 265 g/mol. The first-order valence-electron chi connectivity index (χ1n) is 5.78. The van der Waals surface area contributed by atoms with E-state index in [0.717, 1.165) is 0 Å². The Kier molecular flexibility index (Phi) is 4.91. The van der Waals surface area contributed by atoms with Crippen molar-refractivity contribution in [2.45, 2.75) is 19.6 Å². The predicted octanol–water partition coefficient (Wildman–Crippen LogP) is 1.51. The number of hydrogen-bond acceptors (Lipinski definition) is 2. The van der Waals surface area contributed by atoms with Crippen LogP contribution in [0.4, 0.5) is 4.79 Å². The Bertz CT molecular complexity index is 415. The molecule has 0 unspecified atom stereocenters. The molecule has 0 radical (unpaired) electrons. The molecule has 3 N–H and O–H groups in total. The van der Waals surface area contributed by atoms with Gasteiger partial charge in [-0.15, -0.1) is 0 Å². The molecule has 1 aromatic carbocycles. The van der Waals surface area contributed by atoms with Gasteiger partial charge in [0.2, 0.25) is 0 Å². The fraction of sp³-hybridized carbons (Fsp3) is 0.333. The summed E-state index contributed by atoms with van der Waals surface area (Å²) in [4.78, 5) is 23.0. The highest BCUT2D eigenvalue weighted by molar-refractivity contribution is 6.76. The summed E-state index contributed by atoms with van der Waals surface area (Å²) in [5.74, 6) is -0.334. The van der Waals surface area contributed by atoms with Gasteiger partial charge in [-0.2, -0.15) is 0 Å². The van der Waals surface area contributed by atoms with Crippen LogP contribution in [-0.2, 0) is 0 Å². The fourth-order valence-electron chi connectivity index (χ4n) is 1.16. The van der Waals surface area contributed by atoms with Crippen molar-refractivity contribution in [1.82, 2.24) is 16.2 Å². The molecule has 0 aliphatic heterocycles. The van der Waals surface area contributed by atoms with E-state index in [1.165, 1.54) is 0 Å². The van der Waals surface area contributed by atoms with Gasteiger partial charge in [-0.25, -0.2) is 10.2 Å². The van der Waals surface area contributed by atoms with Crippen molar-refractivity contribution in [3.05, 3.63) is 35.9 Å². The molecule has 0 bridgehead atoms. The number of benzene rings is 1. The first-order valence-corrected chi connectivity index (χ1v) is 9.48. The van der Waals surface area contributed by atoms with Crippen molar-refractivity contribution in [3.8, 4) is 0 Å². The average molecular weight is 265 g/mol. The Morgan fingerprint density at radius 3 is 2.22 bits per heavy atom. The second-order valence-electron chi connectivity index (χ2n) is 5.19. The molecule has 5 nitrogen and oxygen atoms in total. The minimum absolute atomic E-state index is 0.334. The summed E-state index contributed by atoms with van der Waals surface area (Å²) in [5, 5.41) is 2.73. The molecule has 0 spiro atoms. The van der Waals surface area contributed by atoms with Gasteiger partial charge in [0.25, 0.3) is 5.91 Å². The Balaban J connectivity index is 2.33. The van der Waals surface area contributed by atoms with Crippen LogP contribution in [0.25, 0.3) is 0 Å². The standard InChI is InChI=1S/C12H19N3O2Si/c1-18(2,3)9-13-12(17)15-14-11(16)10-7-5-4-6-8-10/h4-8H,9H2,1-3H3,(H,14,16)(H2,13,15,17). The van der Waals surface area contributed by atoms with Gasteiger partial charge in [-0.3, -0.25) is 10.2 Å². The average Bonchev–Trinajstić information content (AvgIpc) is 2.33. The highest BCUT2D eigenvalue weighted by Gasteiger charge is 2.14. The van der Waals surface area contributed by atoms with Crippen LogP contribution in [0.15, 0.2) is 30.3 Å². The fourth-order valence-corrected chi connectivity index (χ4v) is 1.86. The predicted molar refractivity (Wildman–Crippen MR) is 73.8 cm³/mol. The van der Waals surface area contributed by atoms with Gasteiger partial charge in [-0.1, -0.05) is 37.8 Å². The number of urea groups is 1. The molecule has 0 aliphatic carbocycles. The molecule has 0 saturated carbocycles. The minimum Gasteiger partial charge on any atom is -0.340 e. The number of carbonyl (C=O) groups excluding carboxylic acids is 2. The largest absolute Gasteiger partial charge is 0.340 e. The van der Waals surface area contributed by atoms with Gasteiger partial charge < -0.3 is 5.32 Å². The van der Waals surface area contributed by atoms with Crippen LogP contribution in [0, 0.1) is 0 Å². The van der Waals surface area contributed by atoms with E-state index in [-0.39, 0.29) is 11.9 Å². The van der Waals surface area contributed by atoms with Crippen LogP contribution in [0.2, 0.25) is 19.6 Å². The van der Waals surface area contributed by atoms with Gasteiger partial charge in [0, 0.05) is 11.7 Å². The number of hydrogen-bond donors (Lipinski definition) is 3. The summed E-state index contributed by atoms with van der Waals surface area (Å²) in [7, 11) is -1.32. The van der Waals surface area contributed by atoms with Crippen LogP contribution >= 0.6 is 0 Å². The van der Waals surface area contributed by atoms with Crippen molar-refractivity contribution in [1.29, 1.82) is 0 Å². The zero-order chi connectivity index (χ0) is 13.6. The van der Waals surface area contributed by atoms with E-state index in [0.29, 0.717) is 11.7 Å². The van der Waals surface area contributed by atoms with E-state index in [1.54, 1.807) is 24.3 Å². The summed E-state index contributed by atoms with van der Waals surface area (Å²) in [5.41, 5.74) is 5.18. The molecule has 0 fully saturated rings. The molecule has 18 heavy (non-hydrogen) atoms. The van der Waals surface area contributed by atoms with Gasteiger partial charge in [-0.05, 0) is 12.1 Å². The van der Waals surface area contributed by atoms with Crippen molar-refractivity contribution in [2.24, 2.45) is 0 Å². The van der Waals surface area contributed by atoms with Gasteiger partial charge >= 0.3 is 6.03 Å². The van der Waals surface area contributed by atoms with E-state index in [4.69, 9.17) is 0 Å². The summed E-state index contributed by atoms with van der Waals surface area (Å²) in [6.45, 7) is 6.45. The van der Waals surface area contributed by atoms with Gasteiger partial charge in [0.15, 0.2) is 0 Å². The van der Waals surface area contributed by atoms with Crippen LogP contribution in [0.5, 0.6) is 0 Å². The van der Waals surface area contributed by atoms with E-state index in [2.05, 4.69) is 35.8 Å². The molecule has 3 amide bonds. The van der Waals surface area contributed by atoms with E-state index in [1.807, 2.05) is 6.07 Å². The molecule has 0 heterocycles. The third-order valence-electron chi connectivity index (χ3n) is 2.10. The first-order chi connectivity index (χ1) is 8.38. The second-order valence-corrected chi connectivity index (χ2v) is 10.7. The van der Waals surface area contributed by atoms with E-state index >= 15 is 0 Å². The molecular weight excluding hydrogens is 246 g/mol. The topological polar surface area (TPSA) is 70.2 Å². The summed E-state index contributed by atoms with van der Waals surface area (Å²) >= 11 is 0. The molecule has 1 aromatic rings. The van der Waals surface area contributed by atoms with Crippen LogP contribution < -0.4 is 16.2 Å². The summed E-state index contributed by atoms with van der Waals surface area (Å²) in [6, 6.07) is 8.32. The lowest BCUT2D eigenvalue weighted by atomic mass is 10.2. The highest BCUT2D eigenvalue weighted by Crippen LogP contribution is 1.97. The smallest absolute Gasteiger partial charge is 0.333 e. The Hall–Kier alpha value is -1.82.